The zero-order valence-corrected chi connectivity index (χ0v) is 9.40. The minimum atomic E-state index is -3.52. The Balaban J connectivity index is 0.00000225. The Morgan fingerprint density at radius 1 is 1.44 bits per heavy atom. The van der Waals surface area contributed by atoms with Crippen LogP contribution in [0, 0.1) is 12.7 Å². The molecule has 2 nitrogen and oxygen atoms in total. The first kappa shape index (κ1) is 15.2. The zero-order valence-electron chi connectivity index (χ0n) is 8.58. The van der Waals surface area contributed by atoms with Crippen molar-refractivity contribution in [3.63, 3.8) is 0 Å². The number of benzene rings is 1. The molecule has 0 amide bonds. The molecule has 0 fully saturated rings. The van der Waals surface area contributed by atoms with Crippen molar-refractivity contribution in [1.29, 1.82) is 0 Å². The molecule has 0 aliphatic rings. The van der Waals surface area contributed by atoms with Crippen molar-refractivity contribution in [1.82, 2.24) is 0 Å². The highest BCUT2D eigenvalue weighted by atomic mass is 35.5. The minimum Gasteiger partial charge on any atom is -0.390 e. The molecule has 0 saturated carbocycles. The smallest absolute Gasteiger partial charge is 0.289 e. The SMILES string of the molecule is Cc1ccc([C@@H](N)C(F)(F)CO)c(F)c1.Cl. The van der Waals surface area contributed by atoms with Gasteiger partial charge in [0.25, 0.3) is 5.92 Å². The Labute approximate surface area is 97.7 Å². The third kappa shape index (κ3) is 3.10. The Hall–Kier alpha value is -0.780. The second-order valence-electron chi connectivity index (χ2n) is 3.42. The van der Waals surface area contributed by atoms with E-state index < -0.39 is 24.4 Å². The van der Waals surface area contributed by atoms with Crippen molar-refractivity contribution in [3.05, 3.63) is 35.1 Å². The fourth-order valence-electron chi connectivity index (χ4n) is 1.21. The molecule has 0 bridgehead atoms. The largest absolute Gasteiger partial charge is 0.390 e. The number of rotatable bonds is 3. The fraction of sp³-hybridized carbons (Fsp3) is 0.400. The molecule has 0 unspecified atom stereocenters. The lowest BCUT2D eigenvalue weighted by Crippen LogP contribution is -2.36. The van der Waals surface area contributed by atoms with Gasteiger partial charge >= 0.3 is 0 Å². The number of aryl methyl sites for hydroxylation is 1. The van der Waals surface area contributed by atoms with Gasteiger partial charge in [-0.3, -0.25) is 0 Å². The van der Waals surface area contributed by atoms with Crippen molar-refractivity contribution < 1.29 is 18.3 Å². The van der Waals surface area contributed by atoms with E-state index in [4.69, 9.17) is 10.8 Å². The summed E-state index contributed by atoms with van der Waals surface area (Å²) in [5.74, 6) is -4.30. The monoisotopic (exact) mass is 255 g/mol. The quantitative estimate of drug-likeness (QED) is 0.870. The summed E-state index contributed by atoms with van der Waals surface area (Å²) in [7, 11) is 0. The van der Waals surface area contributed by atoms with E-state index in [-0.39, 0.29) is 18.0 Å². The lowest BCUT2D eigenvalue weighted by atomic mass is 10.00. The van der Waals surface area contributed by atoms with Gasteiger partial charge < -0.3 is 10.8 Å². The number of halogens is 4. The van der Waals surface area contributed by atoms with Gasteiger partial charge in [-0.15, -0.1) is 12.4 Å². The number of aliphatic hydroxyl groups excluding tert-OH is 1. The van der Waals surface area contributed by atoms with Crippen LogP contribution >= 0.6 is 12.4 Å². The predicted octanol–water partition coefficient (Wildman–Crippen LogP) is 2.18. The summed E-state index contributed by atoms with van der Waals surface area (Å²) in [4.78, 5) is 0. The van der Waals surface area contributed by atoms with Gasteiger partial charge in [0.15, 0.2) is 0 Å². The van der Waals surface area contributed by atoms with Crippen molar-refractivity contribution in [2.45, 2.75) is 18.9 Å². The van der Waals surface area contributed by atoms with Crippen molar-refractivity contribution >= 4 is 12.4 Å². The third-order valence-corrected chi connectivity index (χ3v) is 2.16. The maximum atomic E-state index is 13.3. The van der Waals surface area contributed by atoms with Gasteiger partial charge in [-0.2, -0.15) is 0 Å². The van der Waals surface area contributed by atoms with Crippen LogP contribution in [-0.2, 0) is 0 Å². The molecule has 0 aliphatic heterocycles. The van der Waals surface area contributed by atoms with Gasteiger partial charge in [0.05, 0.1) is 6.04 Å². The minimum absolute atomic E-state index is 0. The summed E-state index contributed by atoms with van der Waals surface area (Å²) in [5.41, 5.74) is 5.51. The second-order valence-corrected chi connectivity index (χ2v) is 3.42. The molecule has 0 aliphatic carbocycles. The van der Waals surface area contributed by atoms with Gasteiger partial charge in [0, 0.05) is 5.56 Å². The first-order valence-corrected chi connectivity index (χ1v) is 4.39. The van der Waals surface area contributed by atoms with Crippen LogP contribution < -0.4 is 5.73 Å². The van der Waals surface area contributed by atoms with E-state index >= 15 is 0 Å². The first-order valence-electron chi connectivity index (χ1n) is 4.39. The van der Waals surface area contributed by atoms with Crippen molar-refractivity contribution in [2.24, 2.45) is 5.73 Å². The number of nitrogens with two attached hydrogens (primary N) is 1. The zero-order chi connectivity index (χ0) is 11.6. The second kappa shape index (κ2) is 5.52. The van der Waals surface area contributed by atoms with Crippen LogP contribution in [0.4, 0.5) is 13.2 Å². The molecule has 0 heterocycles. The molecule has 3 N–H and O–H groups in total. The van der Waals surface area contributed by atoms with Gasteiger partial charge in [-0.25, -0.2) is 13.2 Å². The van der Waals surface area contributed by atoms with E-state index in [1.165, 1.54) is 12.1 Å². The summed E-state index contributed by atoms with van der Waals surface area (Å²) in [5, 5.41) is 8.42. The highest BCUT2D eigenvalue weighted by Crippen LogP contribution is 2.30. The molecule has 0 spiro atoms. The van der Waals surface area contributed by atoms with Gasteiger partial charge in [0.2, 0.25) is 0 Å². The van der Waals surface area contributed by atoms with Crippen LogP contribution in [0.2, 0.25) is 0 Å². The Bertz CT molecular complexity index is 360. The average molecular weight is 256 g/mol. The Kier molecular flexibility index (Phi) is 5.25. The van der Waals surface area contributed by atoms with Crippen LogP contribution in [0.25, 0.3) is 0 Å². The molecule has 0 radical (unpaired) electrons. The molecule has 1 aromatic rings. The molecule has 6 heteroatoms. The standard InChI is InChI=1S/C10H12F3NO.ClH/c1-6-2-3-7(8(11)4-6)9(14)10(12,13)5-15;/h2-4,9,15H,5,14H2,1H3;1H/t9-;/m1./s1. The summed E-state index contributed by atoms with van der Waals surface area (Å²) in [6.45, 7) is 0.240. The van der Waals surface area contributed by atoms with Crippen LogP contribution in [-0.4, -0.2) is 17.6 Å². The van der Waals surface area contributed by atoms with E-state index in [9.17, 15) is 13.2 Å². The van der Waals surface area contributed by atoms with Crippen molar-refractivity contribution in [3.8, 4) is 0 Å². The number of hydrogen-bond acceptors (Lipinski definition) is 2. The molecule has 1 atom stereocenters. The van der Waals surface area contributed by atoms with E-state index in [1.54, 1.807) is 6.92 Å². The van der Waals surface area contributed by atoms with E-state index in [0.717, 1.165) is 6.07 Å². The molecule has 1 aromatic carbocycles. The van der Waals surface area contributed by atoms with Crippen LogP contribution in [0.15, 0.2) is 18.2 Å². The Morgan fingerprint density at radius 3 is 2.44 bits per heavy atom. The normalized spacial score (nSPS) is 13.1. The fourth-order valence-corrected chi connectivity index (χ4v) is 1.21. The topological polar surface area (TPSA) is 46.2 Å². The van der Waals surface area contributed by atoms with E-state index in [1.807, 2.05) is 0 Å². The van der Waals surface area contributed by atoms with E-state index in [2.05, 4.69) is 0 Å². The molecule has 1 rings (SSSR count). The maximum absolute atomic E-state index is 13.3. The lowest BCUT2D eigenvalue weighted by molar-refractivity contribution is -0.0718. The van der Waals surface area contributed by atoms with Gasteiger partial charge in [0.1, 0.15) is 12.4 Å². The van der Waals surface area contributed by atoms with Gasteiger partial charge in [-0.05, 0) is 18.6 Å². The first-order chi connectivity index (χ1) is 6.88. The van der Waals surface area contributed by atoms with Gasteiger partial charge in [-0.1, -0.05) is 12.1 Å². The lowest BCUT2D eigenvalue weighted by Gasteiger charge is -2.22. The van der Waals surface area contributed by atoms with Crippen molar-refractivity contribution in [2.75, 3.05) is 6.61 Å². The van der Waals surface area contributed by atoms with Crippen LogP contribution in [0.1, 0.15) is 17.2 Å². The average Bonchev–Trinajstić information content (AvgIpc) is 2.17. The third-order valence-electron chi connectivity index (χ3n) is 2.16. The molecule has 0 aromatic heterocycles. The molecular weight excluding hydrogens is 243 g/mol. The molecule has 92 valence electrons. The van der Waals surface area contributed by atoms with Crippen LogP contribution in [0.5, 0.6) is 0 Å². The van der Waals surface area contributed by atoms with E-state index in [0.29, 0.717) is 5.56 Å². The Morgan fingerprint density at radius 2 is 2.00 bits per heavy atom. The molecular formula is C10H13ClF3NO. The summed E-state index contributed by atoms with van der Waals surface area (Å²) in [6.07, 6.45) is 0. The number of hydrogen-bond donors (Lipinski definition) is 2. The highest BCUT2D eigenvalue weighted by molar-refractivity contribution is 5.85. The number of aliphatic hydroxyl groups is 1. The summed E-state index contributed by atoms with van der Waals surface area (Å²) < 4.78 is 39.2. The molecule has 16 heavy (non-hydrogen) atoms. The predicted molar refractivity (Wildman–Crippen MR) is 57.3 cm³/mol. The number of alkyl halides is 2. The summed E-state index contributed by atoms with van der Waals surface area (Å²) >= 11 is 0. The van der Waals surface area contributed by atoms with Crippen LogP contribution in [0.3, 0.4) is 0 Å². The summed E-state index contributed by atoms with van der Waals surface area (Å²) in [6, 6.07) is 2.00. The highest BCUT2D eigenvalue weighted by Gasteiger charge is 2.38. The molecule has 0 saturated heterocycles. The maximum Gasteiger partial charge on any atom is 0.289 e.